The van der Waals surface area contributed by atoms with Gasteiger partial charge in [-0.25, -0.2) is 0 Å². The maximum atomic E-state index is 12.7. The summed E-state index contributed by atoms with van der Waals surface area (Å²) in [6.07, 6.45) is 2.04. The summed E-state index contributed by atoms with van der Waals surface area (Å²) >= 11 is 0. The molecule has 2 N–H and O–H groups in total. The Labute approximate surface area is 193 Å². The number of ether oxygens (including phenoxy) is 2. The lowest BCUT2D eigenvalue weighted by Gasteiger charge is -2.36. The van der Waals surface area contributed by atoms with E-state index in [4.69, 9.17) is 23.0 Å². The lowest BCUT2D eigenvalue weighted by molar-refractivity contribution is -0.165. The number of carbonyl (C=O) groups excluding carboxylic acids is 3. The number of nitrogens with one attached hydrogen (secondary N) is 1. The first-order chi connectivity index (χ1) is 15.3. The number of pyridine rings is 1. The second-order valence-electron chi connectivity index (χ2n) is 9.20. The van der Waals surface area contributed by atoms with E-state index in [1.165, 1.54) is 0 Å². The molecule has 0 saturated carbocycles. The van der Waals surface area contributed by atoms with Crippen LogP contribution in [0.15, 0.2) is 24.5 Å². The van der Waals surface area contributed by atoms with Crippen LogP contribution in [0, 0.1) is 10.8 Å². The molecule has 12 heteroatoms. The molecule has 0 aliphatic carbocycles. The van der Waals surface area contributed by atoms with Crippen LogP contribution in [0.25, 0.3) is 0 Å². The van der Waals surface area contributed by atoms with Crippen LogP contribution in [0.4, 0.5) is 0 Å². The topological polar surface area (TPSA) is 143 Å². The summed E-state index contributed by atoms with van der Waals surface area (Å²) in [6, 6.07) is 3.46. The van der Waals surface area contributed by atoms with Crippen molar-refractivity contribution in [2.24, 2.45) is 10.8 Å². The maximum absolute atomic E-state index is 12.7. The molecule has 1 aliphatic rings. The predicted octanol–water partition coefficient (Wildman–Crippen LogP) is 2.31. The van der Waals surface area contributed by atoms with Gasteiger partial charge in [-0.1, -0.05) is 13.8 Å². The molecule has 1 aromatic rings. The highest BCUT2D eigenvalue weighted by molar-refractivity contribution is 7.55. The predicted molar refractivity (Wildman–Crippen MR) is 117 cm³/mol. The van der Waals surface area contributed by atoms with Gasteiger partial charge in [-0.2, -0.15) is 9.42 Å². The molecule has 2 heterocycles. The summed E-state index contributed by atoms with van der Waals surface area (Å²) in [4.78, 5) is 50.8. The zero-order valence-corrected chi connectivity index (χ0v) is 20.4. The van der Waals surface area contributed by atoms with Gasteiger partial charge in [0, 0.05) is 24.4 Å². The Morgan fingerprint density at radius 1 is 1.24 bits per heavy atom. The van der Waals surface area contributed by atoms with Gasteiger partial charge >= 0.3 is 20.1 Å². The fourth-order valence-electron chi connectivity index (χ4n) is 2.56. The Bertz CT molecular complexity index is 829. The average Bonchev–Trinajstić information content (AvgIpc) is 2.74. The fourth-order valence-corrected chi connectivity index (χ4v) is 4.08. The first-order valence-corrected chi connectivity index (χ1v) is 11.9. The highest BCUT2D eigenvalue weighted by Crippen LogP contribution is 2.63. The number of hydrogen-bond acceptors (Lipinski definition) is 10. The molecule has 0 aromatic carbocycles. The molecule has 0 bridgehead atoms. The molecule has 1 unspecified atom stereocenters. The Kier molecular flexibility index (Phi) is 9.28. The van der Waals surface area contributed by atoms with Crippen LogP contribution in [0.2, 0.25) is 0 Å². The van der Waals surface area contributed by atoms with Crippen molar-refractivity contribution in [3.05, 3.63) is 30.1 Å². The van der Waals surface area contributed by atoms with E-state index in [1.807, 2.05) is 0 Å². The third-order valence-electron chi connectivity index (χ3n) is 4.58. The number of hydrogen-bond donors (Lipinski definition) is 2. The number of amides is 1. The first kappa shape index (κ1) is 27.1. The minimum Gasteiger partial charge on any atom is -0.461 e. The van der Waals surface area contributed by atoms with Crippen LogP contribution in [-0.2, 0) is 44.0 Å². The van der Waals surface area contributed by atoms with Crippen molar-refractivity contribution in [2.45, 2.75) is 53.8 Å². The molecule has 2 rings (SSSR count). The first-order valence-electron chi connectivity index (χ1n) is 10.4. The number of carbonyl (C=O) groups is 3. The van der Waals surface area contributed by atoms with Crippen molar-refractivity contribution in [3.63, 3.8) is 0 Å². The van der Waals surface area contributed by atoms with E-state index in [2.05, 4.69) is 10.3 Å². The van der Waals surface area contributed by atoms with Crippen molar-refractivity contribution in [3.8, 4) is 0 Å². The van der Waals surface area contributed by atoms with E-state index < -0.39 is 49.7 Å². The minimum atomic E-state index is -3.89. The number of nitrogens with zero attached hydrogens (tertiary/aromatic N) is 1. The molecule has 0 radical (unpaired) electrons. The van der Waals surface area contributed by atoms with E-state index in [1.54, 1.807) is 59.1 Å². The highest BCUT2D eigenvalue weighted by atomic mass is 31.2. The number of rotatable bonds is 9. The fraction of sp³-hybridized carbons (Fsp3) is 0.619. The lowest BCUT2D eigenvalue weighted by atomic mass is 9.87. The van der Waals surface area contributed by atoms with Crippen LogP contribution in [0.5, 0.6) is 0 Å². The van der Waals surface area contributed by atoms with Crippen molar-refractivity contribution >= 4 is 26.0 Å². The molecule has 1 aromatic heterocycles. The second-order valence-corrected chi connectivity index (χ2v) is 10.9. The van der Waals surface area contributed by atoms with Crippen molar-refractivity contribution in [1.82, 2.24) is 10.3 Å². The van der Waals surface area contributed by atoms with Gasteiger partial charge in [0.25, 0.3) is 5.91 Å². The van der Waals surface area contributed by atoms with Crippen molar-refractivity contribution in [2.75, 3.05) is 19.9 Å². The summed E-state index contributed by atoms with van der Waals surface area (Å²) in [7, 11) is -3.89. The lowest BCUT2D eigenvalue weighted by Crippen LogP contribution is -2.50. The summed E-state index contributed by atoms with van der Waals surface area (Å²) in [6.45, 7) is 7.98. The van der Waals surface area contributed by atoms with Gasteiger partial charge in [-0.3, -0.25) is 19.4 Å². The molecule has 1 saturated heterocycles. The Hall–Kier alpha value is -2.17. The van der Waals surface area contributed by atoms with Gasteiger partial charge in [-0.05, 0) is 38.5 Å². The molecular weight excluding hydrogens is 455 g/mol. The highest BCUT2D eigenvalue weighted by Gasteiger charge is 2.59. The van der Waals surface area contributed by atoms with E-state index >= 15 is 0 Å². The van der Waals surface area contributed by atoms with Gasteiger partial charge in [0.05, 0.1) is 11.8 Å². The molecule has 184 valence electrons. The average molecular weight is 487 g/mol. The summed E-state index contributed by atoms with van der Waals surface area (Å²) < 4.78 is 26.1. The quantitative estimate of drug-likeness (QED) is 0.303. The van der Waals surface area contributed by atoms with Crippen LogP contribution in [-0.4, -0.2) is 53.8 Å². The van der Waals surface area contributed by atoms with Gasteiger partial charge in [-0.15, -0.1) is 9.05 Å². The zero-order valence-electron chi connectivity index (χ0n) is 19.5. The van der Waals surface area contributed by atoms with Crippen molar-refractivity contribution in [1.29, 1.82) is 0 Å². The molecule has 2 atom stereocenters. The Morgan fingerprint density at radius 3 is 2.55 bits per heavy atom. The smallest absolute Gasteiger partial charge is 0.461 e. The summed E-state index contributed by atoms with van der Waals surface area (Å²) in [5.74, 6) is -1.55. The third-order valence-corrected chi connectivity index (χ3v) is 5.95. The van der Waals surface area contributed by atoms with Crippen LogP contribution < -0.4 is 5.32 Å². The minimum absolute atomic E-state index is 0.0196. The number of esters is 2. The standard InChI is InChI=1S/C21H31N2O9P/c1-20(2,3)19(26)29-14-31-33(27)30-13-21(4,5)17(32-33)18(25)23-11-8-16(24)28-12-15-6-9-22-10-7-15/h6-7,9-10,17,27H,8,11-14H2,1-5H3/p+1/t17-,33?/m0/s1. The van der Waals surface area contributed by atoms with Gasteiger partial charge in [0.1, 0.15) is 13.2 Å². The normalized spacial score (nSPS) is 22.3. The van der Waals surface area contributed by atoms with Gasteiger partial charge in [0.15, 0.2) is 6.10 Å². The van der Waals surface area contributed by atoms with Crippen LogP contribution in [0.1, 0.15) is 46.6 Å². The molecular formula is C21H32N2O9P+. The molecule has 0 spiro atoms. The molecule has 1 fully saturated rings. The molecule has 1 amide bonds. The van der Waals surface area contributed by atoms with Gasteiger partial charge in [0.2, 0.25) is 6.79 Å². The monoisotopic (exact) mass is 487 g/mol. The van der Waals surface area contributed by atoms with Crippen molar-refractivity contribution < 1.29 is 42.3 Å². The SMILES string of the molecule is CC(C)(C)C(=O)OCO[P+]1(O)OCC(C)(C)[C@H](C(=O)NCCC(=O)OCc2ccncc2)O1. The molecule has 11 nitrogen and oxygen atoms in total. The van der Waals surface area contributed by atoms with E-state index in [0.29, 0.717) is 0 Å². The van der Waals surface area contributed by atoms with Crippen LogP contribution >= 0.6 is 8.17 Å². The van der Waals surface area contributed by atoms with E-state index in [-0.39, 0.29) is 26.2 Å². The Morgan fingerprint density at radius 2 is 1.91 bits per heavy atom. The third kappa shape index (κ3) is 8.60. The molecule has 1 aliphatic heterocycles. The summed E-state index contributed by atoms with van der Waals surface area (Å²) in [5, 5.41) is 2.60. The molecule has 33 heavy (non-hydrogen) atoms. The van der Waals surface area contributed by atoms with E-state index in [0.717, 1.165) is 5.56 Å². The zero-order chi connectivity index (χ0) is 24.7. The largest absolute Gasteiger partial charge is 0.576 e. The maximum Gasteiger partial charge on any atom is 0.576 e. The van der Waals surface area contributed by atoms with Crippen LogP contribution in [0.3, 0.4) is 0 Å². The Balaban J connectivity index is 1.81. The summed E-state index contributed by atoms with van der Waals surface area (Å²) in [5.41, 5.74) is -0.734. The van der Waals surface area contributed by atoms with E-state index in [9.17, 15) is 19.3 Å². The second kappa shape index (κ2) is 11.3. The van der Waals surface area contributed by atoms with Gasteiger partial charge < -0.3 is 14.8 Å². The number of aromatic nitrogens is 1.